The lowest BCUT2D eigenvalue weighted by molar-refractivity contribution is -0.876. The Morgan fingerprint density at radius 2 is 0.868 bits per heavy atom. The van der Waals surface area contributed by atoms with Crippen LogP contribution in [-0.4, -0.2) is 159 Å². The summed E-state index contributed by atoms with van der Waals surface area (Å²) in [5, 5.41) is 14.2. The number of nitrogens with two attached hydrogens (primary N) is 3. The molecule has 0 spiro atoms. The maximum Gasteiger partial charge on any atom is 0.265 e. The molecule has 3 saturated carbocycles. The Morgan fingerprint density at radius 1 is 0.447 bits per heavy atom. The van der Waals surface area contributed by atoms with E-state index in [1.165, 1.54) is 36.5 Å². The van der Waals surface area contributed by atoms with Crippen molar-refractivity contribution in [1.82, 2.24) is 82.6 Å². The van der Waals surface area contributed by atoms with Crippen molar-refractivity contribution in [3.63, 3.8) is 0 Å². The van der Waals surface area contributed by atoms with E-state index >= 15 is 0 Å². The van der Waals surface area contributed by atoms with Crippen molar-refractivity contribution in [3.8, 4) is 67.5 Å². The summed E-state index contributed by atoms with van der Waals surface area (Å²) >= 11 is 0. The van der Waals surface area contributed by atoms with E-state index in [1.807, 2.05) is 122 Å². The molecule has 0 radical (unpaired) electrons. The molecule has 0 amide bonds. The fourth-order valence-electron chi connectivity index (χ4n) is 17.7. The summed E-state index contributed by atoms with van der Waals surface area (Å²) in [7, 11) is 0. The zero-order valence-corrected chi connectivity index (χ0v) is 64.6. The van der Waals surface area contributed by atoms with E-state index in [-0.39, 0.29) is 0 Å². The molecule has 21 rings (SSSR count). The maximum atomic E-state index is 11.0. The fraction of sp³-hybridized carbons (Fsp3) is 0.283. The molecule has 3 aliphatic carbocycles. The molecule has 12 heterocycles. The second kappa shape index (κ2) is 30.3. The molecule has 2 saturated heterocycles. The van der Waals surface area contributed by atoms with Crippen LogP contribution in [0.3, 0.4) is 0 Å². The number of piperazine rings is 2. The van der Waals surface area contributed by atoms with Gasteiger partial charge in [0.1, 0.15) is 68.6 Å². The van der Waals surface area contributed by atoms with Gasteiger partial charge in [0.15, 0.2) is 0 Å². The third-order valence-electron chi connectivity index (χ3n) is 24.1. The number of imidazole rings is 4. The third-order valence-corrected chi connectivity index (χ3v) is 24.1. The van der Waals surface area contributed by atoms with Gasteiger partial charge in [0.2, 0.25) is 0 Å². The van der Waals surface area contributed by atoms with Crippen LogP contribution in [-0.2, 0) is 6.54 Å². The van der Waals surface area contributed by atoms with Crippen molar-refractivity contribution in [3.05, 3.63) is 255 Å². The first kappa shape index (κ1) is 71.9. The number of benzene rings is 6. The van der Waals surface area contributed by atoms with E-state index in [2.05, 4.69) is 163 Å². The highest BCUT2D eigenvalue weighted by atomic mass is 16.5. The first-order valence-corrected chi connectivity index (χ1v) is 40.2. The number of fused-ring (bicyclic) bond motifs is 6. The first-order chi connectivity index (χ1) is 55.7. The third kappa shape index (κ3) is 14.2. The number of aromatic nitrogens is 14. The Hall–Kier alpha value is -12.3. The van der Waals surface area contributed by atoms with Gasteiger partial charge in [-0.3, -0.25) is 33.1 Å². The van der Waals surface area contributed by atoms with Crippen LogP contribution in [0.1, 0.15) is 107 Å². The standard InChI is InChI=1S/C34H39N7.C33H33N9.C25H22N5O/c1-34(2,3)22-39-15-17-40(18-16-39)27-19-26(20-27)33-38-30(31-32(35)36-13-14-41(31)33)25-10-9-24-11-12-28(37-29(24)21-25)23-7-5-4-6-8-23;34-32-31-30(24-7-6-23-8-9-28(38-29(23)18-24)22-4-2-1-3-5-22)39-33(42(31)11-10-36-32)25-16-27(17-25)41-14-12-40(13-15-41)20-26-19-35-21-37-26;26-24-23-22(28-25(18-7-4-8-18)29(23)14-13-27-24)19-10-9-17-11-12-20(30(31)21(17)15-19)16-5-2-1-3-6-16/h4-14,21,26-27H,15-20,22H2,1-3H3,(H2,35,36);1-11,18-19,21,25,27H,12-17,20H2,(H2,34,36)(H,35,37);1-3,5-6,9-15,18,31H,4,7-8H2,(H2,26,27)/q;;+1. The first-order valence-electron chi connectivity index (χ1n) is 40.2. The van der Waals surface area contributed by atoms with Crippen molar-refractivity contribution in [1.29, 1.82) is 0 Å². The highest BCUT2D eigenvalue weighted by Gasteiger charge is 2.41. The number of nitrogens with zero attached hydrogens (tertiary/aromatic N) is 17. The molecule has 16 aromatic rings. The summed E-state index contributed by atoms with van der Waals surface area (Å²) in [6.45, 7) is 18.1. The number of H-pyrrole nitrogens is 1. The normalized spacial score (nSPS) is 18.5. The van der Waals surface area contributed by atoms with Gasteiger partial charge in [-0.2, -0.15) is 0 Å². The minimum atomic E-state index is 0.352. The zero-order valence-electron chi connectivity index (χ0n) is 64.6. The molecule has 22 nitrogen and oxygen atoms in total. The summed E-state index contributed by atoms with van der Waals surface area (Å²) in [4.78, 5) is 56.5. The van der Waals surface area contributed by atoms with Gasteiger partial charge in [-0.15, -0.1) is 0 Å². The van der Waals surface area contributed by atoms with Gasteiger partial charge in [0.25, 0.3) is 11.2 Å². The Labute approximate surface area is 661 Å². The molecule has 114 heavy (non-hydrogen) atoms. The number of nitrogens with one attached hydrogen (secondary N) is 1. The highest BCUT2D eigenvalue weighted by molar-refractivity contribution is 5.94. The molecule has 5 fully saturated rings. The quantitative estimate of drug-likeness (QED) is 0.0501. The van der Waals surface area contributed by atoms with Crippen molar-refractivity contribution >= 4 is 66.7 Å². The Kier molecular flexibility index (Phi) is 19.1. The molecule has 10 aromatic heterocycles. The molecule has 2 aliphatic heterocycles. The summed E-state index contributed by atoms with van der Waals surface area (Å²) in [5.74, 6) is 5.96. The average Bonchev–Trinajstić information content (AvgIpc) is 1.63. The highest BCUT2D eigenvalue weighted by Crippen LogP contribution is 2.46. The van der Waals surface area contributed by atoms with Crippen molar-refractivity contribution in [2.45, 2.75) is 102 Å². The maximum absolute atomic E-state index is 11.0. The average molecular weight is 1510 g/mol. The Balaban J connectivity index is 0.000000116. The Morgan fingerprint density at radius 3 is 1.31 bits per heavy atom. The van der Waals surface area contributed by atoms with Crippen LogP contribution in [0.15, 0.2) is 232 Å². The lowest BCUT2D eigenvalue weighted by atomic mass is 9.78. The molecule has 0 atom stereocenters. The van der Waals surface area contributed by atoms with Crippen molar-refractivity contribution in [2.24, 2.45) is 5.41 Å². The topological polar surface area (TPSA) is 260 Å². The minimum Gasteiger partial charge on any atom is -0.382 e. The van der Waals surface area contributed by atoms with Crippen LogP contribution in [0, 0.1) is 5.41 Å². The molecule has 0 unspecified atom stereocenters. The number of aromatic amines is 1. The smallest absolute Gasteiger partial charge is 0.265 e. The molecular formula is C92H94N21O+. The fourth-order valence-corrected chi connectivity index (χ4v) is 17.7. The predicted octanol–water partition coefficient (Wildman–Crippen LogP) is 15.7. The summed E-state index contributed by atoms with van der Waals surface area (Å²) in [6.07, 6.45) is 23.0. The van der Waals surface area contributed by atoms with E-state index in [9.17, 15) is 5.21 Å². The van der Waals surface area contributed by atoms with E-state index in [1.54, 1.807) is 24.9 Å². The second-order valence-electron chi connectivity index (χ2n) is 32.7. The number of anilines is 3. The molecule has 8 N–H and O–H groups in total. The van der Waals surface area contributed by atoms with Crippen molar-refractivity contribution in [2.75, 3.05) is 76.1 Å². The van der Waals surface area contributed by atoms with Crippen LogP contribution in [0.5, 0.6) is 0 Å². The molecule has 0 bridgehead atoms. The largest absolute Gasteiger partial charge is 0.382 e. The van der Waals surface area contributed by atoms with Gasteiger partial charge in [-0.25, -0.2) is 44.9 Å². The lowest BCUT2D eigenvalue weighted by Crippen LogP contribution is -2.54. The number of nitrogen functional groups attached to an aromatic ring is 3. The Bertz CT molecular complexity index is 6160. The zero-order chi connectivity index (χ0) is 77.1. The van der Waals surface area contributed by atoms with Gasteiger partial charge >= 0.3 is 0 Å². The van der Waals surface area contributed by atoms with E-state index < -0.39 is 0 Å². The summed E-state index contributed by atoms with van der Waals surface area (Å²) < 4.78 is 7.68. The number of pyridine rings is 3. The molecule has 6 aromatic carbocycles. The van der Waals surface area contributed by atoms with Gasteiger partial charge in [-0.05, 0) is 92.5 Å². The van der Waals surface area contributed by atoms with Crippen LogP contribution in [0.2, 0.25) is 0 Å². The van der Waals surface area contributed by atoms with Gasteiger partial charge in [0, 0.05) is 200 Å². The number of rotatable bonds is 14. The molecular weight excluding hydrogens is 1420 g/mol. The van der Waals surface area contributed by atoms with Gasteiger partial charge in [0.05, 0.1) is 39.7 Å². The van der Waals surface area contributed by atoms with Crippen LogP contribution < -0.4 is 21.9 Å². The molecule has 572 valence electrons. The number of hydrogen-bond donors (Lipinski definition) is 5. The minimum absolute atomic E-state index is 0.352. The number of hydrogen-bond acceptors (Lipinski definition) is 17. The van der Waals surface area contributed by atoms with Gasteiger partial charge < -0.3 is 27.1 Å². The monoisotopic (exact) mass is 1510 g/mol. The van der Waals surface area contributed by atoms with Gasteiger partial charge in [-0.1, -0.05) is 149 Å². The molecule has 22 heteroatoms. The second-order valence-corrected chi connectivity index (χ2v) is 32.7. The van der Waals surface area contributed by atoms with Crippen molar-refractivity contribution < 1.29 is 9.94 Å². The molecule has 5 aliphatic rings. The van der Waals surface area contributed by atoms with Crippen LogP contribution in [0.4, 0.5) is 17.5 Å². The predicted molar refractivity (Wildman–Crippen MR) is 451 cm³/mol. The van der Waals surface area contributed by atoms with E-state index in [4.69, 9.17) is 42.1 Å². The summed E-state index contributed by atoms with van der Waals surface area (Å²) in [5.41, 5.74) is 37.3. The summed E-state index contributed by atoms with van der Waals surface area (Å²) in [6, 6.07) is 62.9. The van der Waals surface area contributed by atoms with Crippen LogP contribution >= 0.6 is 0 Å². The van der Waals surface area contributed by atoms with E-state index in [0.717, 1.165) is 213 Å². The van der Waals surface area contributed by atoms with Crippen LogP contribution in [0.25, 0.3) is 117 Å². The van der Waals surface area contributed by atoms with E-state index in [0.29, 0.717) is 58.2 Å². The lowest BCUT2D eigenvalue weighted by Gasteiger charge is -2.46. The SMILES string of the molecule is CC(C)(C)CN1CCN(C2CC(c3nc(-c4ccc5ccc(-c6ccccc6)nc5c4)c4c(N)nccn34)C2)CC1.Nc1nccn2c(C3CC(N4CCN(Cc5cnc[nH]5)CC4)C3)nc(-c3ccc4ccc(-c5ccccc5)nc4c3)c12.Nc1nccn2c(C3CCC3)nc(-c3ccc4ccc(-c5ccccc5)[n+](O)c4c3)c12.